The second kappa shape index (κ2) is 5.47. The van der Waals surface area contributed by atoms with Crippen LogP contribution in [0, 0.1) is 13.8 Å². The molecule has 4 heterocycles. The van der Waals surface area contributed by atoms with Gasteiger partial charge in [-0.25, -0.2) is 9.97 Å². The summed E-state index contributed by atoms with van der Waals surface area (Å²) in [6, 6.07) is 3.76. The van der Waals surface area contributed by atoms with Crippen LogP contribution in [-0.4, -0.2) is 24.6 Å². The van der Waals surface area contributed by atoms with Gasteiger partial charge < -0.3 is 9.73 Å². The van der Waals surface area contributed by atoms with Crippen molar-refractivity contribution in [2.75, 3.05) is 5.32 Å². The molecule has 1 N–H and O–H groups in total. The van der Waals surface area contributed by atoms with Crippen LogP contribution in [0.3, 0.4) is 0 Å². The lowest BCUT2D eigenvalue weighted by Crippen LogP contribution is -2.05. The smallest absolute Gasteiger partial charge is 0.243 e. The number of rotatable bonds is 4. The van der Waals surface area contributed by atoms with Gasteiger partial charge in [-0.1, -0.05) is 0 Å². The Labute approximate surface area is 136 Å². The Morgan fingerprint density at radius 1 is 1.22 bits per heavy atom. The minimum absolute atomic E-state index is 0.448. The lowest BCUT2D eigenvalue weighted by Gasteiger charge is -2.02. The number of nitrogens with zero attached hydrogens (tertiary/aromatic N) is 5. The highest BCUT2D eigenvalue weighted by Gasteiger charge is 2.08. The van der Waals surface area contributed by atoms with Crippen LogP contribution in [0.25, 0.3) is 16.4 Å². The molecule has 0 bridgehead atoms. The molecule has 0 atom stereocenters. The van der Waals surface area contributed by atoms with E-state index in [2.05, 4.69) is 38.6 Å². The Morgan fingerprint density at radius 2 is 2.13 bits per heavy atom. The van der Waals surface area contributed by atoms with Gasteiger partial charge in [-0.05, 0) is 26.0 Å². The molecule has 0 fully saturated rings. The number of imidazole rings is 1. The maximum Gasteiger partial charge on any atom is 0.243 e. The van der Waals surface area contributed by atoms with E-state index in [1.807, 2.05) is 29.7 Å². The van der Waals surface area contributed by atoms with E-state index in [9.17, 15) is 0 Å². The number of nitrogens with one attached hydrogen (secondary N) is 1. The molecule has 0 unspecified atom stereocenters. The minimum Gasteiger partial charge on any atom is -0.460 e. The van der Waals surface area contributed by atoms with Gasteiger partial charge >= 0.3 is 0 Å². The normalized spacial score (nSPS) is 11.2. The number of furan rings is 1. The second-order valence-corrected chi connectivity index (χ2v) is 6.41. The number of aryl methyl sites for hydroxylation is 2. The molecule has 0 aliphatic rings. The molecule has 4 aromatic rings. The SMILES string of the molecule is Cc1ccc(-c2cnnc(NCc3cn4cc(C)sc4n3)n2)o1. The van der Waals surface area contributed by atoms with Crippen LogP contribution in [0.15, 0.2) is 35.1 Å². The summed E-state index contributed by atoms with van der Waals surface area (Å²) in [5.74, 6) is 1.96. The van der Waals surface area contributed by atoms with E-state index in [4.69, 9.17) is 4.42 Å². The summed E-state index contributed by atoms with van der Waals surface area (Å²) in [6.07, 6.45) is 5.65. The molecular weight excluding hydrogens is 312 g/mol. The van der Waals surface area contributed by atoms with Gasteiger partial charge in [0, 0.05) is 17.3 Å². The van der Waals surface area contributed by atoms with Crippen LogP contribution in [0.4, 0.5) is 5.95 Å². The zero-order valence-electron chi connectivity index (χ0n) is 12.6. The van der Waals surface area contributed by atoms with Crippen LogP contribution < -0.4 is 5.32 Å². The van der Waals surface area contributed by atoms with Gasteiger partial charge in [-0.15, -0.1) is 16.4 Å². The van der Waals surface area contributed by atoms with E-state index in [0.29, 0.717) is 23.9 Å². The van der Waals surface area contributed by atoms with Gasteiger partial charge in [-0.2, -0.15) is 5.10 Å². The Kier molecular flexibility index (Phi) is 3.30. The summed E-state index contributed by atoms with van der Waals surface area (Å²) >= 11 is 1.66. The first-order valence-corrected chi connectivity index (χ1v) is 7.93. The topological polar surface area (TPSA) is 81.1 Å². The van der Waals surface area contributed by atoms with E-state index in [0.717, 1.165) is 16.4 Å². The largest absolute Gasteiger partial charge is 0.460 e. The van der Waals surface area contributed by atoms with Crippen molar-refractivity contribution in [3.8, 4) is 11.5 Å². The standard InChI is InChI=1S/C15H14N6OS/c1-9-3-4-13(22-9)12-6-17-20-14(19-12)16-5-11-8-21-7-10(2)23-15(21)18-11/h3-4,6-8H,5H2,1-2H3,(H,16,19,20). The highest BCUT2D eigenvalue weighted by Crippen LogP contribution is 2.20. The first kappa shape index (κ1) is 13.9. The summed E-state index contributed by atoms with van der Waals surface area (Å²) in [5, 5.41) is 11.1. The van der Waals surface area contributed by atoms with Crippen molar-refractivity contribution in [3.63, 3.8) is 0 Å². The molecule has 8 heteroatoms. The minimum atomic E-state index is 0.448. The average Bonchev–Trinajstić information content (AvgIpc) is 3.20. The molecule has 7 nitrogen and oxygen atoms in total. The van der Waals surface area contributed by atoms with Crippen LogP contribution in [0.2, 0.25) is 0 Å². The quantitative estimate of drug-likeness (QED) is 0.621. The van der Waals surface area contributed by atoms with Crippen molar-refractivity contribution in [1.82, 2.24) is 24.6 Å². The number of thiazole rings is 1. The van der Waals surface area contributed by atoms with Crippen molar-refractivity contribution in [3.05, 3.63) is 47.1 Å². The molecule has 0 amide bonds. The number of anilines is 1. The monoisotopic (exact) mass is 326 g/mol. The van der Waals surface area contributed by atoms with Crippen molar-refractivity contribution >= 4 is 22.2 Å². The van der Waals surface area contributed by atoms with Gasteiger partial charge in [-0.3, -0.25) is 4.40 Å². The summed E-state index contributed by atoms with van der Waals surface area (Å²) in [6.45, 7) is 4.50. The predicted molar refractivity (Wildman–Crippen MR) is 87.4 cm³/mol. The first-order valence-electron chi connectivity index (χ1n) is 7.12. The van der Waals surface area contributed by atoms with E-state index < -0.39 is 0 Å². The summed E-state index contributed by atoms with van der Waals surface area (Å²) in [5.41, 5.74) is 1.58. The number of hydrogen-bond acceptors (Lipinski definition) is 7. The third-order valence-electron chi connectivity index (χ3n) is 3.30. The number of fused-ring (bicyclic) bond motifs is 1. The zero-order valence-corrected chi connectivity index (χ0v) is 13.5. The highest BCUT2D eigenvalue weighted by atomic mass is 32.1. The molecule has 116 valence electrons. The van der Waals surface area contributed by atoms with Crippen molar-refractivity contribution in [1.29, 1.82) is 0 Å². The van der Waals surface area contributed by atoms with Gasteiger partial charge in [0.25, 0.3) is 0 Å². The van der Waals surface area contributed by atoms with Crippen LogP contribution in [-0.2, 0) is 6.54 Å². The molecule has 4 rings (SSSR count). The van der Waals surface area contributed by atoms with Crippen LogP contribution >= 0.6 is 11.3 Å². The van der Waals surface area contributed by atoms with E-state index >= 15 is 0 Å². The molecule has 0 saturated heterocycles. The van der Waals surface area contributed by atoms with Gasteiger partial charge in [0.2, 0.25) is 5.95 Å². The lowest BCUT2D eigenvalue weighted by molar-refractivity contribution is 0.545. The fourth-order valence-electron chi connectivity index (χ4n) is 2.28. The van der Waals surface area contributed by atoms with Crippen molar-refractivity contribution < 1.29 is 4.42 Å². The maximum atomic E-state index is 5.56. The molecule has 4 aromatic heterocycles. The van der Waals surface area contributed by atoms with Crippen LogP contribution in [0.5, 0.6) is 0 Å². The molecule has 23 heavy (non-hydrogen) atoms. The number of aromatic nitrogens is 5. The third kappa shape index (κ3) is 2.80. The van der Waals surface area contributed by atoms with Crippen molar-refractivity contribution in [2.24, 2.45) is 0 Å². The fraction of sp³-hybridized carbons (Fsp3) is 0.200. The fourth-order valence-corrected chi connectivity index (χ4v) is 3.11. The van der Waals surface area contributed by atoms with Crippen LogP contribution in [0.1, 0.15) is 16.3 Å². The Hall–Kier alpha value is -2.74. The van der Waals surface area contributed by atoms with E-state index in [1.165, 1.54) is 4.88 Å². The Bertz CT molecular complexity index is 938. The van der Waals surface area contributed by atoms with E-state index in [-0.39, 0.29) is 0 Å². The van der Waals surface area contributed by atoms with Gasteiger partial charge in [0.15, 0.2) is 10.7 Å². The summed E-state index contributed by atoms with van der Waals surface area (Å²) in [7, 11) is 0. The van der Waals surface area contributed by atoms with E-state index in [1.54, 1.807) is 17.5 Å². The third-order valence-corrected chi connectivity index (χ3v) is 4.21. The number of hydrogen-bond donors (Lipinski definition) is 1. The molecular formula is C15H14N6OS. The molecule has 0 aliphatic heterocycles. The molecule has 0 aromatic carbocycles. The predicted octanol–water partition coefficient (Wildman–Crippen LogP) is 3.07. The Morgan fingerprint density at radius 3 is 2.91 bits per heavy atom. The van der Waals surface area contributed by atoms with Gasteiger partial charge in [0.1, 0.15) is 11.5 Å². The molecule has 0 saturated carbocycles. The highest BCUT2D eigenvalue weighted by molar-refractivity contribution is 7.16. The average molecular weight is 326 g/mol. The van der Waals surface area contributed by atoms with Crippen molar-refractivity contribution in [2.45, 2.75) is 20.4 Å². The lowest BCUT2D eigenvalue weighted by atomic mass is 10.3. The van der Waals surface area contributed by atoms with Gasteiger partial charge in [0.05, 0.1) is 18.4 Å². The molecule has 0 aliphatic carbocycles. The second-order valence-electron chi connectivity index (χ2n) is 5.19. The molecule has 0 radical (unpaired) electrons. The summed E-state index contributed by atoms with van der Waals surface area (Å²) in [4.78, 5) is 11.2. The first-order chi connectivity index (χ1) is 11.2. The maximum absolute atomic E-state index is 5.56. The summed E-state index contributed by atoms with van der Waals surface area (Å²) < 4.78 is 7.58. The Balaban J connectivity index is 1.51. The molecule has 0 spiro atoms. The zero-order chi connectivity index (χ0) is 15.8.